The van der Waals surface area contributed by atoms with Gasteiger partial charge in [-0.25, -0.2) is 0 Å². The molecule has 0 atom stereocenters. The van der Waals surface area contributed by atoms with Crippen molar-refractivity contribution in [2.45, 2.75) is 12.8 Å². The van der Waals surface area contributed by atoms with Crippen LogP contribution in [0.4, 0.5) is 0 Å². The molecular formula is C16H21N3O3. The zero-order valence-electron chi connectivity index (χ0n) is 12.5. The van der Waals surface area contributed by atoms with E-state index in [2.05, 4.69) is 5.32 Å². The van der Waals surface area contributed by atoms with E-state index in [9.17, 15) is 14.4 Å². The first-order valence-electron chi connectivity index (χ1n) is 7.47. The Hall–Kier alpha value is -2.37. The maximum Gasteiger partial charge on any atom is 0.242 e. The zero-order valence-corrected chi connectivity index (χ0v) is 12.5. The van der Waals surface area contributed by atoms with Gasteiger partial charge in [0.25, 0.3) is 0 Å². The van der Waals surface area contributed by atoms with Crippen LogP contribution in [0.3, 0.4) is 0 Å². The minimum atomic E-state index is -0.122. The molecule has 6 nitrogen and oxygen atoms in total. The van der Waals surface area contributed by atoms with Crippen molar-refractivity contribution in [2.75, 3.05) is 32.7 Å². The molecule has 0 saturated carbocycles. The van der Waals surface area contributed by atoms with Gasteiger partial charge in [0, 0.05) is 32.6 Å². The first kappa shape index (κ1) is 16.0. The quantitative estimate of drug-likeness (QED) is 0.754. The maximum atomic E-state index is 12.0. The highest BCUT2D eigenvalue weighted by atomic mass is 16.2. The number of aryl methyl sites for hydroxylation is 1. The predicted octanol–water partition coefficient (Wildman–Crippen LogP) is 0.0360. The third-order valence-electron chi connectivity index (χ3n) is 3.74. The van der Waals surface area contributed by atoms with Gasteiger partial charge in [-0.2, -0.15) is 0 Å². The minimum absolute atomic E-state index is 0.0225. The van der Waals surface area contributed by atoms with Crippen LogP contribution in [0.1, 0.15) is 12.0 Å². The van der Waals surface area contributed by atoms with Crippen LogP contribution in [0.25, 0.3) is 0 Å². The molecule has 2 rings (SSSR count). The van der Waals surface area contributed by atoms with Crippen molar-refractivity contribution in [1.29, 1.82) is 0 Å². The van der Waals surface area contributed by atoms with Crippen LogP contribution >= 0.6 is 0 Å². The molecular weight excluding hydrogens is 282 g/mol. The van der Waals surface area contributed by atoms with Crippen LogP contribution in [0.5, 0.6) is 0 Å². The van der Waals surface area contributed by atoms with Crippen LogP contribution in [0, 0.1) is 0 Å². The number of hydrogen-bond donors (Lipinski definition) is 1. The van der Waals surface area contributed by atoms with Crippen molar-refractivity contribution in [3.8, 4) is 0 Å². The third-order valence-corrected chi connectivity index (χ3v) is 3.74. The monoisotopic (exact) mass is 303 g/mol. The van der Waals surface area contributed by atoms with Crippen molar-refractivity contribution in [3.63, 3.8) is 0 Å². The summed E-state index contributed by atoms with van der Waals surface area (Å²) in [6, 6.07) is 9.77. The number of nitrogens with zero attached hydrogens (tertiary/aromatic N) is 2. The summed E-state index contributed by atoms with van der Waals surface area (Å²) < 4.78 is 0. The molecule has 1 saturated heterocycles. The molecule has 1 aromatic rings. The van der Waals surface area contributed by atoms with Crippen LogP contribution in [0.2, 0.25) is 0 Å². The van der Waals surface area contributed by atoms with Gasteiger partial charge >= 0.3 is 0 Å². The maximum absolute atomic E-state index is 12.0. The second kappa shape index (κ2) is 8.17. The van der Waals surface area contributed by atoms with Crippen LogP contribution in [-0.4, -0.2) is 60.7 Å². The Labute approximate surface area is 130 Å². The largest absolute Gasteiger partial charge is 0.347 e. The average Bonchev–Trinajstić information content (AvgIpc) is 2.58. The fourth-order valence-corrected chi connectivity index (χ4v) is 2.35. The van der Waals surface area contributed by atoms with E-state index in [1.54, 1.807) is 9.80 Å². The Morgan fingerprint density at radius 3 is 2.41 bits per heavy atom. The van der Waals surface area contributed by atoms with E-state index in [4.69, 9.17) is 0 Å². The molecule has 1 aliphatic rings. The molecule has 1 aliphatic heterocycles. The number of piperazine rings is 1. The van der Waals surface area contributed by atoms with Crippen molar-refractivity contribution in [2.24, 2.45) is 0 Å². The van der Waals surface area contributed by atoms with Crippen LogP contribution in [-0.2, 0) is 20.8 Å². The van der Waals surface area contributed by atoms with E-state index in [0.29, 0.717) is 39.0 Å². The number of carbonyl (C=O) groups is 3. The molecule has 1 aromatic carbocycles. The van der Waals surface area contributed by atoms with Crippen LogP contribution < -0.4 is 5.32 Å². The smallest absolute Gasteiger partial charge is 0.242 e. The first-order chi connectivity index (χ1) is 10.7. The number of carbonyl (C=O) groups excluding carboxylic acids is 3. The average molecular weight is 303 g/mol. The van der Waals surface area contributed by atoms with Gasteiger partial charge in [-0.1, -0.05) is 30.3 Å². The van der Waals surface area contributed by atoms with Gasteiger partial charge < -0.3 is 15.1 Å². The predicted molar refractivity (Wildman–Crippen MR) is 82.0 cm³/mol. The highest BCUT2D eigenvalue weighted by Crippen LogP contribution is 2.02. The Balaban J connectivity index is 1.65. The van der Waals surface area contributed by atoms with Gasteiger partial charge in [-0.05, 0) is 12.0 Å². The normalized spacial score (nSPS) is 14.5. The second-order valence-corrected chi connectivity index (χ2v) is 5.28. The van der Waals surface area contributed by atoms with Gasteiger partial charge in [0.1, 0.15) is 0 Å². The summed E-state index contributed by atoms with van der Waals surface area (Å²) in [6.07, 6.45) is 1.84. The third kappa shape index (κ3) is 4.87. The molecule has 6 heteroatoms. The number of rotatable bonds is 6. The lowest BCUT2D eigenvalue weighted by Crippen LogP contribution is -2.50. The van der Waals surface area contributed by atoms with Gasteiger partial charge in [0.05, 0.1) is 6.54 Å². The van der Waals surface area contributed by atoms with Gasteiger partial charge in [-0.15, -0.1) is 0 Å². The second-order valence-electron chi connectivity index (χ2n) is 5.28. The van der Waals surface area contributed by atoms with E-state index in [0.717, 1.165) is 12.0 Å². The number of amides is 3. The number of benzene rings is 1. The fourth-order valence-electron chi connectivity index (χ4n) is 2.35. The molecule has 1 fully saturated rings. The summed E-state index contributed by atoms with van der Waals surface area (Å²) in [7, 11) is 0. The van der Waals surface area contributed by atoms with Crippen LogP contribution in [0.15, 0.2) is 30.3 Å². The Morgan fingerprint density at radius 1 is 1.09 bits per heavy atom. The van der Waals surface area contributed by atoms with E-state index in [1.165, 1.54) is 0 Å². The highest BCUT2D eigenvalue weighted by molar-refractivity contribution is 5.84. The van der Waals surface area contributed by atoms with E-state index < -0.39 is 0 Å². The van der Waals surface area contributed by atoms with E-state index >= 15 is 0 Å². The standard InChI is InChI=1S/C16H21N3O3/c20-13-18-8-10-19(11-9-18)16(22)12-17-15(21)7-6-14-4-2-1-3-5-14/h1-5,13H,6-12H2,(H,17,21). The summed E-state index contributed by atoms with van der Waals surface area (Å²) in [6.45, 7) is 2.18. The van der Waals surface area contributed by atoms with Gasteiger partial charge in [0.2, 0.25) is 18.2 Å². The summed E-state index contributed by atoms with van der Waals surface area (Å²) >= 11 is 0. The summed E-state index contributed by atoms with van der Waals surface area (Å²) in [5.41, 5.74) is 1.11. The molecule has 118 valence electrons. The van der Waals surface area contributed by atoms with Gasteiger partial charge in [0.15, 0.2) is 0 Å². The summed E-state index contributed by atoms with van der Waals surface area (Å²) in [4.78, 5) is 37.7. The fraction of sp³-hybridized carbons (Fsp3) is 0.438. The Bertz CT molecular complexity index is 511. The number of hydrogen-bond acceptors (Lipinski definition) is 3. The molecule has 0 spiro atoms. The van der Waals surface area contributed by atoms with Crippen molar-refractivity contribution >= 4 is 18.2 Å². The molecule has 0 bridgehead atoms. The van der Waals surface area contributed by atoms with E-state index in [1.807, 2.05) is 30.3 Å². The molecule has 0 aromatic heterocycles. The highest BCUT2D eigenvalue weighted by Gasteiger charge is 2.20. The summed E-state index contributed by atoms with van der Waals surface area (Å²) in [5, 5.41) is 2.66. The van der Waals surface area contributed by atoms with E-state index in [-0.39, 0.29) is 18.4 Å². The number of nitrogens with one attached hydrogen (secondary N) is 1. The topological polar surface area (TPSA) is 69.7 Å². The lowest BCUT2D eigenvalue weighted by molar-refractivity contribution is -0.135. The molecule has 1 heterocycles. The molecule has 0 aliphatic carbocycles. The van der Waals surface area contributed by atoms with Gasteiger partial charge in [-0.3, -0.25) is 14.4 Å². The Kier molecular flexibility index (Phi) is 5.94. The molecule has 0 radical (unpaired) electrons. The zero-order chi connectivity index (χ0) is 15.8. The molecule has 1 N–H and O–H groups in total. The van der Waals surface area contributed by atoms with Crippen molar-refractivity contribution in [1.82, 2.24) is 15.1 Å². The SMILES string of the molecule is O=CN1CCN(C(=O)CNC(=O)CCc2ccccc2)CC1. The molecule has 0 unspecified atom stereocenters. The molecule has 22 heavy (non-hydrogen) atoms. The lowest BCUT2D eigenvalue weighted by Gasteiger charge is -2.32. The van der Waals surface area contributed by atoms with Crippen molar-refractivity contribution < 1.29 is 14.4 Å². The first-order valence-corrected chi connectivity index (χ1v) is 7.47. The lowest BCUT2D eigenvalue weighted by atomic mass is 10.1. The summed E-state index contributed by atoms with van der Waals surface area (Å²) in [5.74, 6) is -0.220. The molecule has 3 amide bonds. The minimum Gasteiger partial charge on any atom is -0.347 e. The van der Waals surface area contributed by atoms with Crippen molar-refractivity contribution in [3.05, 3.63) is 35.9 Å². The Morgan fingerprint density at radius 2 is 1.77 bits per heavy atom.